The van der Waals surface area contributed by atoms with Crippen LogP contribution in [0.1, 0.15) is 38.5 Å². The predicted octanol–water partition coefficient (Wildman–Crippen LogP) is 3.11. The molecule has 0 aliphatic carbocycles. The Morgan fingerprint density at radius 3 is 2.65 bits per heavy atom. The molecule has 26 heavy (non-hydrogen) atoms. The number of aromatic nitrogens is 2. The molecule has 1 atom stereocenters. The van der Waals surface area contributed by atoms with Crippen LogP contribution < -0.4 is 4.90 Å². The SMILES string of the molecule is CS(=O)(=O)N1CCCCCC1C1CCN(c2ncnc3ccsc23)CC1. The van der Waals surface area contributed by atoms with Crippen LogP contribution in [0.25, 0.3) is 10.2 Å². The van der Waals surface area contributed by atoms with Crippen LogP contribution in [0.5, 0.6) is 0 Å². The van der Waals surface area contributed by atoms with E-state index in [9.17, 15) is 8.42 Å². The summed E-state index contributed by atoms with van der Waals surface area (Å²) in [5, 5.41) is 2.06. The summed E-state index contributed by atoms with van der Waals surface area (Å²) >= 11 is 1.69. The zero-order valence-electron chi connectivity index (χ0n) is 15.2. The van der Waals surface area contributed by atoms with E-state index in [1.807, 2.05) is 6.07 Å². The van der Waals surface area contributed by atoms with Crippen molar-refractivity contribution in [1.82, 2.24) is 14.3 Å². The molecule has 0 amide bonds. The van der Waals surface area contributed by atoms with Gasteiger partial charge in [0.2, 0.25) is 10.0 Å². The first-order chi connectivity index (χ1) is 12.5. The zero-order valence-corrected chi connectivity index (χ0v) is 16.8. The fraction of sp³-hybridized carbons (Fsp3) is 0.667. The number of sulfonamides is 1. The summed E-state index contributed by atoms with van der Waals surface area (Å²) in [6.45, 7) is 2.55. The summed E-state index contributed by atoms with van der Waals surface area (Å²) in [5.74, 6) is 1.48. The maximum atomic E-state index is 12.3. The standard InChI is InChI=1S/C18H26N4O2S2/c1-26(23,24)22-9-4-2-3-5-16(22)14-6-10-21(11-7-14)18-17-15(8-12-25-17)19-13-20-18/h8,12-14,16H,2-7,9-11H2,1H3. The van der Waals surface area contributed by atoms with Gasteiger partial charge in [0.1, 0.15) is 12.1 Å². The number of anilines is 1. The molecule has 0 N–H and O–H groups in total. The van der Waals surface area contributed by atoms with E-state index < -0.39 is 10.0 Å². The second-order valence-corrected chi connectivity index (χ2v) is 10.3. The first kappa shape index (κ1) is 18.1. The molecule has 0 aromatic carbocycles. The van der Waals surface area contributed by atoms with Gasteiger partial charge in [-0.25, -0.2) is 18.4 Å². The second-order valence-electron chi connectivity index (χ2n) is 7.45. The number of thiophene rings is 1. The van der Waals surface area contributed by atoms with Gasteiger partial charge in [0.15, 0.2) is 0 Å². The average molecular weight is 395 g/mol. The molecule has 0 bridgehead atoms. The first-order valence-corrected chi connectivity index (χ1v) is 12.2. The van der Waals surface area contributed by atoms with Gasteiger partial charge in [-0.1, -0.05) is 12.8 Å². The first-order valence-electron chi connectivity index (χ1n) is 9.44. The minimum absolute atomic E-state index is 0.168. The van der Waals surface area contributed by atoms with Crippen molar-refractivity contribution in [3.8, 4) is 0 Å². The van der Waals surface area contributed by atoms with Crippen LogP contribution in [-0.4, -0.2) is 54.6 Å². The van der Waals surface area contributed by atoms with Gasteiger partial charge in [-0.15, -0.1) is 11.3 Å². The number of piperidine rings is 1. The third-order valence-electron chi connectivity index (χ3n) is 5.78. The van der Waals surface area contributed by atoms with E-state index in [0.29, 0.717) is 12.5 Å². The molecule has 2 fully saturated rings. The van der Waals surface area contributed by atoms with Gasteiger partial charge >= 0.3 is 0 Å². The molecule has 0 saturated carbocycles. The molecule has 0 radical (unpaired) electrons. The van der Waals surface area contributed by atoms with Crippen LogP contribution in [0.15, 0.2) is 17.8 Å². The molecule has 6 nitrogen and oxygen atoms in total. The monoisotopic (exact) mass is 394 g/mol. The molecule has 2 aromatic heterocycles. The lowest BCUT2D eigenvalue weighted by Gasteiger charge is -2.40. The van der Waals surface area contributed by atoms with Gasteiger partial charge in [-0.3, -0.25) is 0 Å². The lowest BCUT2D eigenvalue weighted by molar-refractivity contribution is 0.206. The van der Waals surface area contributed by atoms with Crippen LogP contribution >= 0.6 is 11.3 Å². The molecule has 2 saturated heterocycles. The summed E-state index contributed by atoms with van der Waals surface area (Å²) in [5.41, 5.74) is 1.01. The maximum absolute atomic E-state index is 12.3. The topological polar surface area (TPSA) is 66.4 Å². The van der Waals surface area contributed by atoms with E-state index in [4.69, 9.17) is 0 Å². The highest BCUT2D eigenvalue weighted by Gasteiger charge is 2.36. The molecule has 2 aliphatic heterocycles. The highest BCUT2D eigenvalue weighted by atomic mass is 32.2. The molecule has 142 valence electrons. The molecule has 2 aliphatic rings. The fourth-order valence-electron chi connectivity index (χ4n) is 4.49. The van der Waals surface area contributed by atoms with Crippen molar-refractivity contribution in [1.29, 1.82) is 0 Å². The third kappa shape index (κ3) is 3.59. The Morgan fingerprint density at radius 2 is 1.88 bits per heavy atom. The van der Waals surface area contributed by atoms with Gasteiger partial charge in [0, 0.05) is 25.7 Å². The minimum atomic E-state index is -3.13. The smallest absolute Gasteiger partial charge is 0.211 e. The van der Waals surface area contributed by atoms with E-state index in [-0.39, 0.29) is 6.04 Å². The number of hydrogen-bond acceptors (Lipinski definition) is 6. The van der Waals surface area contributed by atoms with Crippen molar-refractivity contribution >= 4 is 37.4 Å². The van der Waals surface area contributed by atoms with Crippen LogP contribution in [0.2, 0.25) is 0 Å². The van der Waals surface area contributed by atoms with Gasteiger partial charge in [0.25, 0.3) is 0 Å². The van der Waals surface area contributed by atoms with Crippen LogP contribution in [0.4, 0.5) is 5.82 Å². The zero-order chi connectivity index (χ0) is 18.1. The Bertz CT molecular complexity index is 859. The Labute approximate surface area is 159 Å². The molecular weight excluding hydrogens is 368 g/mol. The third-order valence-corrected chi connectivity index (χ3v) is 7.99. The van der Waals surface area contributed by atoms with Gasteiger partial charge in [0.05, 0.1) is 16.5 Å². The number of fused-ring (bicyclic) bond motifs is 1. The predicted molar refractivity (Wildman–Crippen MR) is 106 cm³/mol. The number of rotatable bonds is 3. The summed E-state index contributed by atoms with van der Waals surface area (Å²) < 4.78 is 27.5. The largest absolute Gasteiger partial charge is 0.355 e. The normalized spacial score (nSPS) is 24.0. The quantitative estimate of drug-likeness (QED) is 0.800. The van der Waals surface area contributed by atoms with Gasteiger partial charge in [-0.05, 0) is 43.0 Å². The fourth-order valence-corrected chi connectivity index (χ4v) is 6.58. The van der Waals surface area contributed by atoms with Crippen molar-refractivity contribution < 1.29 is 8.42 Å². The summed E-state index contributed by atoms with van der Waals surface area (Å²) in [6, 6.07) is 2.20. The van der Waals surface area contributed by atoms with E-state index in [1.165, 1.54) is 6.26 Å². The maximum Gasteiger partial charge on any atom is 0.211 e. The number of hydrogen-bond donors (Lipinski definition) is 0. The molecule has 8 heteroatoms. The summed E-state index contributed by atoms with van der Waals surface area (Å²) in [4.78, 5) is 11.2. The average Bonchev–Trinajstić information content (AvgIpc) is 2.96. The number of nitrogens with zero attached hydrogens (tertiary/aromatic N) is 4. The Hall–Kier alpha value is -1.25. The van der Waals surface area contributed by atoms with Gasteiger partial charge < -0.3 is 4.90 Å². The van der Waals surface area contributed by atoms with E-state index in [2.05, 4.69) is 20.2 Å². The van der Waals surface area contributed by atoms with Crippen molar-refractivity contribution in [2.24, 2.45) is 5.92 Å². The van der Waals surface area contributed by atoms with Crippen LogP contribution in [0.3, 0.4) is 0 Å². The van der Waals surface area contributed by atoms with Crippen molar-refractivity contribution in [3.05, 3.63) is 17.8 Å². The van der Waals surface area contributed by atoms with Crippen LogP contribution in [-0.2, 0) is 10.0 Å². The second kappa shape index (κ2) is 7.40. The molecular formula is C18H26N4O2S2. The summed E-state index contributed by atoms with van der Waals surface area (Å²) in [6.07, 6.45) is 9.32. The van der Waals surface area contributed by atoms with Crippen molar-refractivity contribution in [3.63, 3.8) is 0 Å². The lowest BCUT2D eigenvalue weighted by Crippen LogP contribution is -2.47. The van der Waals surface area contributed by atoms with E-state index >= 15 is 0 Å². The van der Waals surface area contributed by atoms with E-state index in [1.54, 1.807) is 22.0 Å². The van der Waals surface area contributed by atoms with Crippen LogP contribution in [0, 0.1) is 5.92 Å². The molecule has 2 aromatic rings. The molecule has 0 spiro atoms. The molecule has 1 unspecified atom stereocenters. The lowest BCUT2D eigenvalue weighted by atomic mass is 9.87. The highest BCUT2D eigenvalue weighted by molar-refractivity contribution is 7.88. The van der Waals surface area contributed by atoms with Crippen molar-refractivity contribution in [2.75, 3.05) is 30.8 Å². The summed E-state index contributed by atoms with van der Waals surface area (Å²) in [7, 11) is -3.13. The molecule has 4 heterocycles. The Kier molecular flexibility index (Phi) is 5.16. The Morgan fingerprint density at radius 1 is 1.08 bits per heavy atom. The Balaban J connectivity index is 1.49. The molecule has 4 rings (SSSR count). The highest BCUT2D eigenvalue weighted by Crippen LogP contribution is 2.35. The van der Waals surface area contributed by atoms with Gasteiger partial charge in [-0.2, -0.15) is 4.31 Å². The minimum Gasteiger partial charge on any atom is -0.355 e. The van der Waals surface area contributed by atoms with E-state index in [0.717, 1.165) is 67.6 Å². The van der Waals surface area contributed by atoms with Crippen molar-refractivity contribution in [2.45, 2.75) is 44.6 Å².